The topological polar surface area (TPSA) is 92.2 Å². The first kappa shape index (κ1) is 33.6. The fraction of sp³-hybridized carbons (Fsp3) is 0.152. The van der Waals surface area contributed by atoms with Crippen LogP contribution in [0.15, 0.2) is 146 Å². The number of benzene rings is 4. The maximum absolute atomic E-state index is 8.49. The summed E-state index contributed by atoms with van der Waals surface area (Å²) in [6.07, 6.45) is 11.8. The Morgan fingerprint density at radius 1 is 0.561 bits per heavy atom. The number of rotatable bonds is 7. The molecule has 0 fully saturated rings. The van der Waals surface area contributed by atoms with Crippen molar-refractivity contribution in [1.29, 1.82) is 0 Å². The van der Waals surface area contributed by atoms with Gasteiger partial charge in [-0.2, -0.15) is 0 Å². The molecule has 0 heterocycles. The Balaban J connectivity index is 0.000000294. The molecule has 4 aromatic rings. The van der Waals surface area contributed by atoms with Crippen LogP contribution < -0.4 is 37.9 Å². The normalized spacial score (nSPS) is 16.4. The van der Waals surface area contributed by atoms with Crippen LogP contribution in [0, 0.1) is 22.1 Å². The van der Waals surface area contributed by atoms with Crippen molar-refractivity contribution in [2.24, 2.45) is 11.8 Å². The zero-order valence-corrected chi connectivity index (χ0v) is 27.5. The standard InChI is InChI=1S/C26H24AsP.C7H8.ClHO4.Rh/c1-5-13-23(14-6-1)27(24-15-7-2-8-16-24)21-22-28(25-17-9-3-10-18-25)26-19-11-4-12-20-26;1-2-7-4-3-6(1)5-7;2-1(3,4)5;/h1-20H,21-22H2;1-4,6-7H,5H2;(H,2,3,4,5);/p-1. The van der Waals surface area contributed by atoms with Gasteiger partial charge in [0.1, 0.15) is 0 Å². The summed E-state index contributed by atoms with van der Waals surface area (Å²) in [6.45, 7) is 0. The molecule has 2 aliphatic rings. The number of hydrogen-bond donors (Lipinski definition) is 0. The van der Waals surface area contributed by atoms with Gasteiger partial charge in [-0.1, -0.05) is 24.3 Å². The summed E-state index contributed by atoms with van der Waals surface area (Å²) < 4.78 is 37.1. The van der Waals surface area contributed by atoms with Crippen LogP contribution in [-0.4, -0.2) is 20.8 Å². The van der Waals surface area contributed by atoms with Crippen LogP contribution in [0.4, 0.5) is 0 Å². The fourth-order valence-electron chi connectivity index (χ4n) is 4.77. The third-order valence-electron chi connectivity index (χ3n) is 6.57. The number of allylic oxidation sites excluding steroid dienone is 4. The average molecular weight is 737 g/mol. The Labute approximate surface area is 264 Å². The van der Waals surface area contributed by atoms with Gasteiger partial charge in [-0.25, -0.2) is 18.6 Å². The molecule has 215 valence electrons. The van der Waals surface area contributed by atoms with E-state index in [2.05, 4.69) is 146 Å². The molecule has 0 N–H and O–H groups in total. The maximum atomic E-state index is 8.49. The second-order valence-corrected chi connectivity index (χ2v) is 17.3. The van der Waals surface area contributed by atoms with Gasteiger partial charge in [-0.15, -0.1) is 10.2 Å². The van der Waals surface area contributed by atoms with Crippen molar-refractivity contribution in [1.82, 2.24) is 0 Å². The van der Waals surface area contributed by atoms with Crippen LogP contribution in [0.1, 0.15) is 6.42 Å². The van der Waals surface area contributed by atoms with Gasteiger partial charge < -0.3 is 0 Å². The van der Waals surface area contributed by atoms with Gasteiger partial charge in [-0.05, 0) is 18.3 Å². The third kappa shape index (κ3) is 11.7. The predicted octanol–water partition coefficient (Wildman–Crippen LogP) is 1.42. The van der Waals surface area contributed by atoms with Crippen molar-refractivity contribution < 1.29 is 48.4 Å². The molecule has 1 radical (unpaired) electrons. The molecule has 0 aliphatic heterocycles. The molecule has 0 saturated heterocycles. The van der Waals surface area contributed by atoms with E-state index in [4.69, 9.17) is 18.6 Å². The second-order valence-electron chi connectivity index (χ2n) is 9.36. The predicted molar refractivity (Wildman–Crippen MR) is 157 cm³/mol. The first-order chi connectivity index (χ1) is 19.4. The van der Waals surface area contributed by atoms with Gasteiger partial charge in [0.25, 0.3) is 0 Å². The first-order valence-corrected chi connectivity index (χ1v) is 19.1. The number of fused-ring (bicyclic) bond motifs is 2. The zero-order valence-electron chi connectivity index (χ0n) is 22.4. The van der Waals surface area contributed by atoms with Crippen LogP contribution >= 0.6 is 7.92 Å². The second kappa shape index (κ2) is 17.3. The molecule has 4 aromatic carbocycles. The molecule has 0 aromatic heterocycles. The minimum atomic E-state index is -4.94. The average Bonchev–Trinajstić information content (AvgIpc) is 3.64. The summed E-state index contributed by atoms with van der Waals surface area (Å²) in [5, 5.41) is 4.26. The van der Waals surface area contributed by atoms with E-state index < -0.39 is 24.9 Å². The molecule has 6 rings (SSSR count). The molecule has 2 bridgehead atoms. The summed E-state index contributed by atoms with van der Waals surface area (Å²) in [5.41, 5.74) is 0. The van der Waals surface area contributed by atoms with Gasteiger partial charge in [0.15, 0.2) is 0 Å². The van der Waals surface area contributed by atoms with Gasteiger partial charge in [0.05, 0.1) is 0 Å². The van der Waals surface area contributed by atoms with Crippen LogP contribution in [0.5, 0.6) is 0 Å². The van der Waals surface area contributed by atoms with Crippen molar-refractivity contribution in [3.05, 3.63) is 146 Å². The van der Waals surface area contributed by atoms with Gasteiger partial charge >= 0.3 is 175 Å². The number of hydrogen-bond acceptors (Lipinski definition) is 4. The molecule has 2 aliphatic carbocycles. The quantitative estimate of drug-likeness (QED) is 0.163. The van der Waals surface area contributed by atoms with Crippen LogP contribution in [0.25, 0.3) is 0 Å². The monoisotopic (exact) mass is 736 g/mol. The van der Waals surface area contributed by atoms with Crippen LogP contribution in [0.3, 0.4) is 0 Å². The molecule has 0 unspecified atom stereocenters. The fourth-order valence-corrected chi connectivity index (χ4v) is 13.5. The van der Waals surface area contributed by atoms with Crippen LogP contribution in [0.2, 0.25) is 5.21 Å². The molecule has 0 saturated carbocycles. The molecular weight excluding hydrogens is 705 g/mol. The summed E-state index contributed by atoms with van der Waals surface area (Å²) in [5.74, 6) is 1.62. The van der Waals surface area contributed by atoms with E-state index in [1.54, 1.807) is 8.70 Å². The Morgan fingerprint density at radius 2 is 0.878 bits per heavy atom. The van der Waals surface area contributed by atoms with Crippen molar-refractivity contribution >= 4 is 41.9 Å². The Hall–Kier alpha value is -1.90. The van der Waals surface area contributed by atoms with Crippen molar-refractivity contribution in [2.75, 3.05) is 6.16 Å². The van der Waals surface area contributed by atoms with E-state index in [9.17, 15) is 0 Å². The molecule has 0 spiro atoms. The Morgan fingerprint density at radius 3 is 1.17 bits per heavy atom. The van der Waals surface area contributed by atoms with E-state index in [0.29, 0.717) is 0 Å². The van der Waals surface area contributed by atoms with Gasteiger partial charge in [-0.3, -0.25) is 0 Å². The van der Waals surface area contributed by atoms with Gasteiger partial charge in [0.2, 0.25) is 0 Å². The first-order valence-electron chi connectivity index (χ1n) is 13.1. The minimum absolute atomic E-state index is 0. The number of halogens is 1. The molecule has 0 amide bonds. The Kier molecular flexibility index (Phi) is 14.2. The van der Waals surface area contributed by atoms with E-state index in [1.807, 2.05) is 0 Å². The van der Waals surface area contributed by atoms with Crippen LogP contribution in [-0.2, 0) is 19.5 Å². The van der Waals surface area contributed by atoms with E-state index in [0.717, 1.165) is 11.8 Å². The van der Waals surface area contributed by atoms with E-state index in [-0.39, 0.29) is 27.4 Å². The molecule has 8 heteroatoms. The summed E-state index contributed by atoms with van der Waals surface area (Å²) in [6, 6.07) is 44.5. The Bertz CT molecular complexity index is 1140. The third-order valence-corrected chi connectivity index (χ3v) is 15.1. The molecule has 0 atom stereocenters. The summed E-state index contributed by atoms with van der Waals surface area (Å²) in [7, 11) is -5.27. The van der Waals surface area contributed by atoms with Gasteiger partial charge in [0, 0.05) is 19.5 Å². The molecule has 41 heavy (non-hydrogen) atoms. The SMILES string of the molecule is C1=CC2C=CC1C2.[O-][Cl+3]([O-])([O-])[O-].[Rh].c1ccc(P(CC[As](c2ccccc2)c2ccccc2)c2ccccc2)cc1. The summed E-state index contributed by atoms with van der Waals surface area (Å²) in [4.78, 5) is 0. The summed E-state index contributed by atoms with van der Waals surface area (Å²) >= 11 is -1.32. The van der Waals surface area contributed by atoms with E-state index >= 15 is 0 Å². The molecule has 4 nitrogen and oxygen atoms in total. The van der Waals surface area contributed by atoms with E-state index in [1.165, 1.54) is 28.4 Å². The zero-order chi connectivity index (χ0) is 28.2. The molecular formula is C33H32AsClO4PRh-. The van der Waals surface area contributed by atoms with Crippen molar-refractivity contribution in [3.63, 3.8) is 0 Å². The van der Waals surface area contributed by atoms with Crippen molar-refractivity contribution in [2.45, 2.75) is 11.6 Å². The van der Waals surface area contributed by atoms with Crippen molar-refractivity contribution in [3.8, 4) is 0 Å².